The van der Waals surface area contributed by atoms with Crippen LogP contribution in [0.3, 0.4) is 0 Å². The molecule has 0 saturated carbocycles. The number of esters is 1. The molecule has 2 aromatic rings. The van der Waals surface area contributed by atoms with Gasteiger partial charge < -0.3 is 4.74 Å². The van der Waals surface area contributed by atoms with Gasteiger partial charge >= 0.3 is 11.7 Å². The maximum Gasteiger partial charge on any atom is 0.328 e. The number of carbonyl (C=O) groups excluding carboxylic acids is 2. The van der Waals surface area contributed by atoms with Crippen molar-refractivity contribution in [1.82, 2.24) is 14.8 Å². The zero-order valence-corrected chi connectivity index (χ0v) is 15.1. The maximum absolute atomic E-state index is 12.1. The first-order valence-electron chi connectivity index (χ1n) is 7.43. The number of aromatic nitrogens is 3. The molecular weight excluding hydrogens is 362 g/mol. The van der Waals surface area contributed by atoms with E-state index in [1.165, 1.54) is 25.2 Å². The Morgan fingerprint density at radius 2 is 2.15 bits per heavy atom. The fourth-order valence-electron chi connectivity index (χ4n) is 2.28. The smallest absolute Gasteiger partial charge is 0.328 e. The Kier molecular flexibility index (Phi) is 5.78. The van der Waals surface area contributed by atoms with Gasteiger partial charge in [-0.15, -0.1) is 11.3 Å². The molecule has 0 aromatic carbocycles. The molecule has 136 valence electrons. The van der Waals surface area contributed by atoms with Crippen LogP contribution in [0.15, 0.2) is 5.38 Å². The number of hydrogen-bond donors (Lipinski definition) is 0. The molecule has 11 heteroatoms. The van der Waals surface area contributed by atoms with Gasteiger partial charge in [-0.25, -0.2) is 4.98 Å². The average Bonchev–Trinajstić information content (AvgIpc) is 3.09. The van der Waals surface area contributed by atoms with Gasteiger partial charge in [0, 0.05) is 11.1 Å². The van der Waals surface area contributed by atoms with Crippen molar-refractivity contribution < 1.29 is 19.2 Å². The van der Waals surface area contributed by atoms with Gasteiger partial charge in [-0.3, -0.25) is 24.4 Å². The molecule has 2 aromatic heterocycles. The van der Waals surface area contributed by atoms with Crippen molar-refractivity contribution in [3.05, 3.63) is 37.6 Å². The van der Waals surface area contributed by atoms with E-state index in [2.05, 4.69) is 10.1 Å². The minimum absolute atomic E-state index is 0.169. The molecule has 0 aliphatic heterocycles. The second-order valence-electron chi connectivity index (χ2n) is 5.45. The lowest BCUT2D eigenvalue weighted by molar-refractivity contribution is -0.386. The molecule has 0 bridgehead atoms. The monoisotopic (exact) mass is 377 g/mol. The van der Waals surface area contributed by atoms with E-state index in [4.69, 9.17) is 10.00 Å². The summed E-state index contributed by atoms with van der Waals surface area (Å²) in [7, 11) is 0. The topological polar surface area (TPSA) is 141 Å². The molecule has 2 rings (SSSR count). The number of rotatable bonds is 7. The summed E-state index contributed by atoms with van der Waals surface area (Å²) in [6, 6.07) is 1.85. The zero-order valence-electron chi connectivity index (χ0n) is 14.3. The lowest BCUT2D eigenvalue weighted by Gasteiger charge is -2.07. The van der Waals surface area contributed by atoms with Gasteiger partial charge in [0.05, 0.1) is 11.0 Å². The number of hydrogen-bond acceptors (Lipinski definition) is 9. The van der Waals surface area contributed by atoms with Crippen LogP contribution in [-0.2, 0) is 20.9 Å². The van der Waals surface area contributed by atoms with E-state index in [0.29, 0.717) is 10.7 Å². The number of aryl methyl sites for hydroxylation is 2. The Bertz CT molecular complexity index is 910. The van der Waals surface area contributed by atoms with E-state index >= 15 is 0 Å². The van der Waals surface area contributed by atoms with Gasteiger partial charge in [-0.05, 0) is 20.8 Å². The minimum atomic E-state index is -1.10. The molecule has 0 amide bonds. The quantitative estimate of drug-likeness (QED) is 0.402. The van der Waals surface area contributed by atoms with Crippen LogP contribution in [0, 0.1) is 42.2 Å². The first-order valence-corrected chi connectivity index (χ1v) is 8.31. The predicted octanol–water partition coefficient (Wildman–Crippen LogP) is 1.59. The van der Waals surface area contributed by atoms with Gasteiger partial charge in [0.2, 0.25) is 0 Å². The number of nitriles is 1. The number of ketones is 1. The van der Waals surface area contributed by atoms with Gasteiger partial charge in [-0.1, -0.05) is 0 Å². The van der Waals surface area contributed by atoms with Crippen LogP contribution >= 0.6 is 11.3 Å². The van der Waals surface area contributed by atoms with Crippen LogP contribution in [0.5, 0.6) is 0 Å². The van der Waals surface area contributed by atoms with E-state index in [1.807, 2.05) is 6.07 Å². The van der Waals surface area contributed by atoms with Crippen molar-refractivity contribution in [2.24, 2.45) is 0 Å². The largest absolute Gasteiger partial charge is 0.456 e. The van der Waals surface area contributed by atoms with Crippen LogP contribution in [0.25, 0.3) is 0 Å². The number of nitro groups is 1. The Morgan fingerprint density at radius 1 is 1.46 bits per heavy atom. The molecule has 2 heterocycles. The third-order valence-electron chi connectivity index (χ3n) is 3.51. The summed E-state index contributed by atoms with van der Waals surface area (Å²) in [4.78, 5) is 38.5. The lowest BCUT2D eigenvalue weighted by Crippen LogP contribution is -2.22. The Balaban J connectivity index is 1.99. The summed E-state index contributed by atoms with van der Waals surface area (Å²) < 4.78 is 6.04. The highest BCUT2D eigenvalue weighted by molar-refractivity contribution is 7.09. The molecule has 0 saturated heterocycles. The molecule has 0 aliphatic rings. The third-order valence-corrected chi connectivity index (χ3v) is 4.54. The van der Waals surface area contributed by atoms with Crippen LogP contribution in [-0.4, -0.2) is 38.0 Å². The van der Waals surface area contributed by atoms with Crippen LogP contribution < -0.4 is 0 Å². The Morgan fingerprint density at radius 3 is 2.65 bits per heavy atom. The molecule has 26 heavy (non-hydrogen) atoms. The van der Waals surface area contributed by atoms with Crippen LogP contribution in [0.1, 0.15) is 28.0 Å². The normalized spacial score (nSPS) is 11.6. The molecule has 0 aliphatic carbocycles. The molecule has 10 nitrogen and oxygen atoms in total. The van der Waals surface area contributed by atoms with E-state index in [0.717, 1.165) is 4.68 Å². The highest BCUT2D eigenvalue weighted by atomic mass is 32.1. The molecule has 0 spiro atoms. The van der Waals surface area contributed by atoms with Gasteiger partial charge in [0.25, 0.3) is 0 Å². The Hall–Kier alpha value is -3.13. The summed E-state index contributed by atoms with van der Waals surface area (Å²) in [5.41, 5.74) is 0.919. The molecule has 0 N–H and O–H groups in total. The van der Waals surface area contributed by atoms with Crippen LogP contribution in [0.4, 0.5) is 5.69 Å². The number of Topliss-reactive ketones (excluding diaryl/α,β-unsaturated/α-hetero) is 1. The summed E-state index contributed by atoms with van der Waals surface area (Å²) in [5.74, 6) is -2.48. The number of thiazole rings is 1. The number of nitrogens with zero attached hydrogens (tertiary/aromatic N) is 5. The predicted molar refractivity (Wildman–Crippen MR) is 89.5 cm³/mol. The summed E-state index contributed by atoms with van der Waals surface area (Å²) >= 11 is 1.18. The third kappa shape index (κ3) is 4.09. The van der Waals surface area contributed by atoms with Gasteiger partial charge in [-0.2, -0.15) is 10.4 Å². The molecular formula is C15H15N5O5S. The van der Waals surface area contributed by atoms with Crippen molar-refractivity contribution in [3.63, 3.8) is 0 Å². The lowest BCUT2D eigenvalue weighted by atomic mass is 10.1. The van der Waals surface area contributed by atoms with Gasteiger partial charge in [0.1, 0.15) is 22.9 Å². The summed E-state index contributed by atoms with van der Waals surface area (Å²) in [6.07, 6.45) is 0. The molecule has 0 radical (unpaired) electrons. The van der Waals surface area contributed by atoms with Gasteiger partial charge in [0.15, 0.2) is 18.3 Å². The van der Waals surface area contributed by atoms with Crippen molar-refractivity contribution in [2.45, 2.75) is 33.2 Å². The molecule has 0 fully saturated rings. The second-order valence-corrected chi connectivity index (χ2v) is 6.34. The average molecular weight is 377 g/mol. The van der Waals surface area contributed by atoms with Crippen LogP contribution in [0.2, 0.25) is 0 Å². The first kappa shape index (κ1) is 19.2. The standard InChI is InChI=1S/C15H15N5O5S/c1-8-7-26-15(17-8)11(4-16)12(21)6-25-13(22)5-19-10(3)14(20(23)24)9(2)18-19/h7,11H,5-6H2,1-3H3. The van der Waals surface area contributed by atoms with E-state index in [9.17, 15) is 19.7 Å². The Labute approximate surface area is 152 Å². The first-order chi connectivity index (χ1) is 12.2. The summed E-state index contributed by atoms with van der Waals surface area (Å²) in [6.45, 7) is 3.71. The van der Waals surface area contributed by atoms with Crippen molar-refractivity contribution in [2.75, 3.05) is 6.61 Å². The van der Waals surface area contributed by atoms with Crippen molar-refractivity contribution in [1.29, 1.82) is 5.26 Å². The van der Waals surface area contributed by atoms with E-state index < -0.39 is 29.2 Å². The highest BCUT2D eigenvalue weighted by Gasteiger charge is 2.26. The maximum atomic E-state index is 12.1. The fraction of sp³-hybridized carbons (Fsp3) is 0.400. The molecule has 1 atom stereocenters. The number of carbonyl (C=O) groups is 2. The minimum Gasteiger partial charge on any atom is -0.456 e. The SMILES string of the molecule is Cc1csc(C(C#N)C(=O)COC(=O)Cn2nc(C)c([N+](=O)[O-])c2C)n1. The van der Waals surface area contributed by atoms with E-state index in [-0.39, 0.29) is 23.6 Å². The molecule has 1 unspecified atom stereocenters. The van der Waals surface area contributed by atoms with Crippen molar-refractivity contribution >= 4 is 28.8 Å². The summed E-state index contributed by atoms with van der Waals surface area (Å²) in [5, 5.41) is 26.1. The number of ether oxygens (including phenoxy) is 1. The van der Waals surface area contributed by atoms with Crippen molar-refractivity contribution in [3.8, 4) is 6.07 Å². The fourth-order valence-corrected chi connectivity index (χ4v) is 3.14. The highest BCUT2D eigenvalue weighted by Crippen LogP contribution is 2.22. The zero-order chi connectivity index (χ0) is 19.4. The van der Waals surface area contributed by atoms with E-state index in [1.54, 1.807) is 12.3 Å². The second kappa shape index (κ2) is 7.83.